The lowest BCUT2D eigenvalue weighted by atomic mass is 10.1. The monoisotopic (exact) mass is 264 g/mol. The first-order valence-electron chi connectivity index (χ1n) is 6.35. The molecule has 4 N–H and O–H groups in total. The zero-order chi connectivity index (χ0) is 14.4. The minimum atomic E-state index is -0.870. The predicted molar refractivity (Wildman–Crippen MR) is 74.3 cm³/mol. The van der Waals surface area contributed by atoms with Crippen LogP contribution >= 0.6 is 0 Å². The third-order valence-electron chi connectivity index (χ3n) is 2.98. The Labute approximate surface area is 112 Å². The predicted octanol–water partition coefficient (Wildman–Crippen LogP) is 2.15. The molecule has 0 saturated heterocycles. The van der Waals surface area contributed by atoms with Crippen LogP contribution in [0.25, 0.3) is 0 Å². The van der Waals surface area contributed by atoms with Crippen molar-refractivity contribution in [1.29, 1.82) is 0 Å². The Hall–Kier alpha value is -2.04. The van der Waals surface area contributed by atoms with Crippen LogP contribution in [0.1, 0.15) is 42.1 Å². The smallest absolute Gasteiger partial charge is 0.326 e. The Balaban J connectivity index is 2.82. The molecule has 0 heterocycles. The van der Waals surface area contributed by atoms with Gasteiger partial charge in [0.25, 0.3) is 0 Å². The molecule has 1 rings (SSSR count). The van der Waals surface area contributed by atoms with E-state index in [0.717, 1.165) is 18.4 Å². The number of hydrogen-bond acceptors (Lipinski definition) is 3. The van der Waals surface area contributed by atoms with Crippen molar-refractivity contribution >= 4 is 17.6 Å². The van der Waals surface area contributed by atoms with E-state index < -0.39 is 17.9 Å². The van der Waals surface area contributed by atoms with E-state index >= 15 is 0 Å². The first-order chi connectivity index (χ1) is 8.95. The molecule has 0 bridgehead atoms. The van der Waals surface area contributed by atoms with Gasteiger partial charge in [-0.2, -0.15) is 0 Å². The van der Waals surface area contributed by atoms with Crippen molar-refractivity contribution in [2.45, 2.75) is 39.2 Å². The quantitative estimate of drug-likeness (QED) is 0.703. The number of carboxylic acids is 1. The van der Waals surface area contributed by atoms with E-state index in [1.807, 2.05) is 6.92 Å². The second-order valence-corrected chi connectivity index (χ2v) is 4.57. The second kappa shape index (κ2) is 6.78. The number of carboxylic acid groups (broad SMARTS) is 1. The van der Waals surface area contributed by atoms with Gasteiger partial charge in [0.15, 0.2) is 0 Å². The summed E-state index contributed by atoms with van der Waals surface area (Å²) >= 11 is 0. The number of amides is 1. The number of carbonyl (C=O) groups excluding carboxylic acids is 1. The maximum absolute atomic E-state index is 11.1. The highest BCUT2D eigenvalue weighted by molar-refractivity contribution is 5.94. The molecule has 1 atom stereocenters. The van der Waals surface area contributed by atoms with Crippen molar-refractivity contribution in [2.24, 2.45) is 5.73 Å². The summed E-state index contributed by atoms with van der Waals surface area (Å²) in [6.45, 7) is 3.79. The summed E-state index contributed by atoms with van der Waals surface area (Å²) in [6.07, 6.45) is 2.37. The molecule has 104 valence electrons. The summed E-state index contributed by atoms with van der Waals surface area (Å²) in [5.41, 5.74) is 7.10. The van der Waals surface area contributed by atoms with Crippen LogP contribution in [0.4, 0.5) is 5.69 Å². The number of rotatable bonds is 7. The largest absolute Gasteiger partial charge is 0.480 e. The molecule has 0 aromatic heterocycles. The van der Waals surface area contributed by atoms with Crippen LogP contribution in [-0.2, 0) is 4.79 Å². The number of aryl methyl sites for hydroxylation is 1. The van der Waals surface area contributed by atoms with Gasteiger partial charge in [0.05, 0.1) is 0 Å². The Bertz CT molecular complexity index is 472. The molecular weight excluding hydrogens is 244 g/mol. The normalized spacial score (nSPS) is 11.9. The van der Waals surface area contributed by atoms with E-state index in [1.165, 1.54) is 0 Å². The standard InChI is InChI=1S/C14H20N2O3/c1-3-4-5-12(14(18)19)16-10-6-7-11(13(15)17)9(2)8-10/h6-8,12,16H,3-5H2,1-2H3,(H2,15,17)(H,18,19). The van der Waals surface area contributed by atoms with Crippen LogP contribution in [0.2, 0.25) is 0 Å². The van der Waals surface area contributed by atoms with Crippen LogP contribution in [0.5, 0.6) is 0 Å². The van der Waals surface area contributed by atoms with E-state index in [1.54, 1.807) is 25.1 Å². The number of primary amides is 1. The maximum atomic E-state index is 11.1. The molecule has 0 aliphatic carbocycles. The average Bonchev–Trinajstić information content (AvgIpc) is 2.33. The lowest BCUT2D eigenvalue weighted by Crippen LogP contribution is -2.29. The molecule has 0 spiro atoms. The summed E-state index contributed by atoms with van der Waals surface area (Å²) < 4.78 is 0. The van der Waals surface area contributed by atoms with Gasteiger partial charge in [-0.1, -0.05) is 19.8 Å². The van der Waals surface area contributed by atoms with Crippen molar-refractivity contribution < 1.29 is 14.7 Å². The van der Waals surface area contributed by atoms with Crippen LogP contribution < -0.4 is 11.1 Å². The molecule has 19 heavy (non-hydrogen) atoms. The fraction of sp³-hybridized carbons (Fsp3) is 0.429. The molecule has 0 aliphatic heterocycles. The van der Waals surface area contributed by atoms with Crippen molar-refractivity contribution in [1.82, 2.24) is 0 Å². The Kier molecular flexibility index (Phi) is 5.36. The number of unbranched alkanes of at least 4 members (excludes halogenated alkanes) is 1. The molecule has 0 saturated carbocycles. The first-order valence-corrected chi connectivity index (χ1v) is 6.35. The summed E-state index contributed by atoms with van der Waals surface area (Å²) in [5, 5.41) is 12.1. The maximum Gasteiger partial charge on any atom is 0.326 e. The SMILES string of the molecule is CCCCC(Nc1ccc(C(N)=O)c(C)c1)C(=O)O. The number of nitrogens with two attached hydrogens (primary N) is 1. The molecule has 1 aromatic rings. The fourth-order valence-electron chi connectivity index (χ4n) is 1.90. The topological polar surface area (TPSA) is 92.4 Å². The van der Waals surface area contributed by atoms with Crippen molar-refractivity contribution in [3.8, 4) is 0 Å². The van der Waals surface area contributed by atoms with Gasteiger partial charge in [-0.25, -0.2) is 4.79 Å². The Morgan fingerprint density at radius 2 is 2.11 bits per heavy atom. The van der Waals surface area contributed by atoms with Gasteiger partial charge >= 0.3 is 5.97 Å². The average molecular weight is 264 g/mol. The molecule has 0 aliphatic rings. The van der Waals surface area contributed by atoms with Gasteiger partial charge in [-0.3, -0.25) is 4.79 Å². The van der Waals surface area contributed by atoms with Crippen molar-refractivity contribution in [3.63, 3.8) is 0 Å². The molecule has 5 nitrogen and oxygen atoms in total. The minimum Gasteiger partial charge on any atom is -0.480 e. The van der Waals surface area contributed by atoms with Gasteiger partial charge < -0.3 is 16.2 Å². The number of carbonyl (C=O) groups is 2. The lowest BCUT2D eigenvalue weighted by Gasteiger charge is -2.16. The summed E-state index contributed by atoms with van der Waals surface area (Å²) in [6, 6.07) is 4.41. The van der Waals surface area contributed by atoms with E-state index in [-0.39, 0.29) is 0 Å². The second-order valence-electron chi connectivity index (χ2n) is 4.57. The van der Waals surface area contributed by atoms with Gasteiger partial charge in [0.2, 0.25) is 5.91 Å². The van der Waals surface area contributed by atoms with E-state index in [2.05, 4.69) is 5.32 Å². The third-order valence-corrected chi connectivity index (χ3v) is 2.98. The first kappa shape index (κ1) is 15.0. The molecular formula is C14H20N2O3. The Morgan fingerprint density at radius 1 is 1.42 bits per heavy atom. The molecule has 1 unspecified atom stereocenters. The number of benzene rings is 1. The van der Waals surface area contributed by atoms with Crippen LogP contribution in [0, 0.1) is 6.92 Å². The molecule has 0 fully saturated rings. The number of hydrogen-bond donors (Lipinski definition) is 3. The molecule has 0 radical (unpaired) electrons. The number of anilines is 1. The molecule has 1 amide bonds. The van der Waals surface area contributed by atoms with Crippen LogP contribution in [0.3, 0.4) is 0 Å². The summed E-state index contributed by atoms with van der Waals surface area (Å²) in [5.74, 6) is -1.35. The van der Waals surface area contributed by atoms with Gasteiger partial charge in [0, 0.05) is 11.3 Å². The van der Waals surface area contributed by atoms with E-state index in [4.69, 9.17) is 10.8 Å². The van der Waals surface area contributed by atoms with Crippen LogP contribution in [0.15, 0.2) is 18.2 Å². The number of aliphatic carboxylic acids is 1. The third kappa shape index (κ3) is 4.28. The zero-order valence-corrected chi connectivity index (χ0v) is 11.3. The highest BCUT2D eigenvalue weighted by atomic mass is 16.4. The summed E-state index contributed by atoms with van der Waals surface area (Å²) in [7, 11) is 0. The Morgan fingerprint density at radius 3 is 2.58 bits per heavy atom. The van der Waals surface area contributed by atoms with Crippen LogP contribution in [-0.4, -0.2) is 23.0 Å². The zero-order valence-electron chi connectivity index (χ0n) is 11.3. The lowest BCUT2D eigenvalue weighted by molar-refractivity contribution is -0.138. The fourth-order valence-corrected chi connectivity index (χ4v) is 1.90. The minimum absolute atomic E-state index is 0.450. The molecule has 1 aromatic carbocycles. The van der Waals surface area contributed by atoms with Gasteiger partial charge in [0.1, 0.15) is 6.04 Å². The summed E-state index contributed by atoms with van der Waals surface area (Å²) in [4.78, 5) is 22.2. The van der Waals surface area contributed by atoms with Crippen molar-refractivity contribution in [2.75, 3.05) is 5.32 Å². The van der Waals surface area contributed by atoms with Gasteiger partial charge in [-0.15, -0.1) is 0 Å². The van der Waals surface area contributed by atoms with E-state index in [0.29, 0.717) is 17.7 Å². The highest BCUT2D eigenvalue weighted by Gasteiger charge is 2.16. The molecule has 5 heteroatoms. The van der Waals surface area contributed by atoms with Gasteiger partial charge in [-0.05, 0) is 37.1 Å². The van der Waals surface area contributed by atoms with Crippen molar-refractivity contribution in [3.05, 3.63) is 29.3 Å². The van der Waals surface area contributed by atoms with E-state index in [9.17, 15) is 9.59 Å². The highest BCUT2D eigenvalue weighted by Crippen LogP contribution is 2.17. The number of nitrogens with one attached hydrogen (secondary N) is 1.